The van der Waals surface area contributed by atoms with Crippen LogP contribution in [0, 0.1) is 11.3 Å². The molecule has 2 aromatic heterocycles. The zero-order chi connectivity index (χ0) is 26.9. The lowest BCUT2D eigenvalue weighted by atomic mass is 9.95. The highest BCUT2D eigenvalue weighted by molar-refractivity contribution is 7.17. The normalized spacial score (nSPS) is 14.7. The molecule has 0 bridgehead atoms. The number of anilines is 1. The first-order chi connectivity index (χ1) is 18.2. The molecule has 198 valence electrons. The highest BCUT2D eigenvalue weighted by Crippen LogP contribution is 2.40. The molecule has 5 rings (SSSR count). The second kappa shape index (κ2) is 10.9. The average Bonchev–Trinajstić information content (AvgIpc) is 3.44. The molecule has 38 heavy (non-hydrogen) atoms. The number of rotatable bonds is 5. The minimum absolute atomic E-state index is 0.348. The van der Waals surface area contributed by atoms with Gasteiger partial charge in [-0.15, -0.1) is 22.7 Å². The third kappa shape index (κ3) is 5.63. The van der Waals surface area contributed by atoms with Crippen LogP contribution in [0.2, 0.25) is 0 Å². The van der Waals surface area contributed by atoms with Gasteiger partial charge in [-0.2, -0.15) is 5.26 Å². The van der Waals surface area contributed by atoms with Crippen molar-refractivity contribution < 1.29 is 14.3 Å². The van der Waals surface area contributed by atoms with Crippen molar-refractivity contribution in [3.05, 3.63) is 61.8 Å². The van der Waals surface area contributed by atoms with Gasteiger partial charge in [-0.1, -0.05) is 12.1 Å². The molecule has 2 aliphatic rings. The van der Waals surface area contributed by atoms with E-state index in [2.05, 4.69) is 22.0 Å². The van der Waals surface area contributed by atoms with Crippen LogP contribution in [0.1, 0.15) is 76.0 Å². The van der Waals surface area contributed by atoms with E-state index in [9.17, 15) is 14.9 Å². The van der Waals surface area contributed by atoms with Crippen LogP contribution in [0.15, 0.2) is 24.3 Å². The van der Waals surface area contributed by atoms with Crippen molar-refractivity contribution in [3.8, 4) is 16.5 Å². The smallest absolute Gasteiger partial charge is 0.341 e. The highest BCUT2D eigenvalue weighted by atomic mass is 32.1. The summed E-state index contributed by atoms with van der Waals surface area (Å²) in [7, 11) is 0. The number of benzene rings is 1. The molecule has 2 amide bonds. The van der Waals surface area contributed by atoms with Crippen molar-refractivity contribution >= 4 is 39.7 Å². The summed E-state index contributed by atoms with van der Waals surface area (Å²) in [4.78, 5) is 29.8. The van der Waals surface area contributed by atoms with E-state index in [1.165, 1.54) is 21.8 Å². The van der Waals surface area contributed by atoms with Gasteiger partial charge in [-0.05, 0) is 93.8 Å². The Kier molecular flexibility index (Phi) is 7.57. The summed E-state index contributed by atoms with van der Waals surface area (Å²) in [5.41, 5.74) is 4.86. The summed E-state index contributed by atoms with van der Waals surface area (Å²) >= 11 is 3.20. The third-order valence-electron chi connectivity index (χ3n) is 6.72. The van der Waals surface area contributed by atoms with Crippen molar-refractivity contribution in [1.29, 1.82) is 5.26 Å². The fraction of sp³-hybridized carbons (Fsp3) is 0.414. The predicted molar refractivity (Wildman–Crippen MR) is 152 cm³/mol. The van der Waals surface area contributed by atoms with Crippen LogP contribution in [0.25, 0.3) is 10.4 Å². The van der Waals surface area contributed by atoms with Gasteiger partial charge in [0.15, 0.2) is 0 Å². The summed E-state index contributed by atoms with van der Waals surface area (Å²) in [5, 5.41) is 19.4. The minimum Gasteiger partial charge on any atom is -0.456 e. The van der Waals surface area contributed by atoms with E-state index >= 15 is 0 Å². The molecule has 3 aromatic rings. The molecule has 0 unspecified atom stereocenters. The first-order valence-corrected chi connectivity index (χ1v) is 14.6. The maximum atomic E-state index is 13.2. The van der Waals surface area contributed by atoms with Crippen LogP contribution >= 0.6 is 22.7 Å². The molecule has 0 fully saturated rings. The Morgan fingerprint density at radius 3 is 2.71 bits per heavy atom. The molecule has 7 nitrogen and oxygen atoms in total. The van der Waals surface area contributed by atoms with Gasteiger partial charge in [0.25, 0.3) is 0 Å². The van der Waals surface area contributed by atoms with E-state index in [1.807, 2.05) is 39.0 Å². The lowest BCUT2D eigenvalue weighted by Gasteiger charge is -2.21. The Hall–Kier alpha value is -3.19. The van der Waals surface area contributed by atoms with E-state index in [-0.39, 0.29) is 12.0 Å². The Bertz CT molecular complexity index is 1420. The van der Waals surface area contributed by atoms with Crippen molar-refractivity contribution in [2.24, 2.45) is 0 Å². The van der Waals surface area contributed by atoms with Crippen molar-refractivity contribution in [2.75, 3.05) is 11.9 Å². The molecule has 1 aliphatic carbocycles. The summed E-state index contributed by atoms with van der Waals surface area (Å²) in [6.45, 7) is 7.60. The summed E-state index contributed by atoms with van der Waals surface area (Å²) < 4.78 is 5.70. The number of nitriles is 1. The predicted octanol–water partition coefficient (Wildman–Crippen LogP) is 6.15. The monoisotopic (exact) mass is 548 g/mol. The molecule has 1 aliphatic heterocycles. The van der Waals surface area contributed by atoms with Gasteiger partial charge < -0.3 is 15.4 Å². The van der Waals surface area contributed by atoms with Gasteiger partial charge in [0.2, 0.25) is 0 Å². The Morgan fingerprint density at radius 2 is 1.92 bits per heavy atom. The lowest BCUT2D eigenvalue weighted by molar-refractivity contribution is 0.00699. The lowest BCUT2D eigenvalue weighted by Crippen LogP contribution is -2.30. The van der Waals surface area contributed by atoms with E-state index in [1.54, 1.807) is 17.4 Å². The molecule has 0 radical (unpaired) electrons. The molecule has 3 N–H and O–H groups in total. The number of fused-ring (bicyclic) bond motifs is 2. The SMILES string of the molecule is CC(C)(C)OC(=O)c1c(NC(=O)NCc2c(-c3cccc(C#N)c3)sc3c2CCNC3)sc2c1CCCC2. The first-order valence-electron chi connectivity index (χ1n) is 13.0. The summed E-state index contributed by atoms with van der Waals surface area (Å²) in [5.74, 6) is -0.383. The number of hydrogen-bond donors (Lipinski definition) is 3. The number of nitrogens with one attached hydrogen (secondary N) is 3. The van der Waals surface area contributed by atoms with Crippen molar-refractivity contribution in [3.63, 3.8) is 0 Å². The molecular weight excluding hydrogens is 516 g/mol. The van der Waals surface area contributed by atoms with Crippen LogP contribution in [0.5, 0.6) is 0 Å². The summed E-state index contributed by atoms with van der Waals surface area (Å²) in [6, 6.07) is 9.48. The van der Waals surface area contributed by atoms with Crippen LogP contribution in [-0.4, -0.2) is 24.1 Å². The van der Waals surface area contributed by atoms with Crippen molar-refractivity contribution in [2.45, 2.75) is 71.6 Å². The molecule has 9 heteroatoms. The first kappa shape index (κ1) is 26.4. The molecule has 0 spiro atoms. The fourth-order valence-electron chi connectivity index (χ4n) is 5.07. The second-order valence-electron chi connectivity index (χ2n) is 10.7. The van der Waals surface area contributed by atoms with Gasteiger partial charge in [0.05, 0.1) is 17.2 Å². The third-order valence-corrected chi connectivity index (χ3v) is 9.25. The van der Waals surface area contributed by atoms with Crippen LogP contribution in [-0.2, 0) is 37.1 Å². The zero-order valence-corrected chi connectivity index (χ0v) is 23.6. The zero-order valence-electron chi connectivity index (χ0n) is 22.0. The van der Waals surface area contributed by atoms with E-state index in [0.717, 1.165) is 71.6 Å². The quantitative estimate of drug-likeness (QED) is 0.332. The van der Waals surface area contributed by atoms with Gasteiger partial charge in [-0.25, -0.2) is 9.59 Å². The standard InChI is InChI=1S/C29H32N4O3S2/c1-29(2,3)36-27(34)24-20-9-4-5-10-22(20)38-26(24)33-28(35)32-15-21-19-11-12-31-16-23(19)37-25(21)18-8-6-7-17(13-18)14-30/h6-8,13,31H,4-5,9-12,15-16H2,1-3H3,(H2,32,33,35). The topological polar surface area (TPSA) is 103 Å². The second-order valence-corrected chi connectivity index (χ2v) is 12.9. The number of hydrogen-bond acceptors (Lipinski definition) is 7. The van der Waals surface area contributed by atoms with E-state index in [0.29, 0.717) is 22.7 Å². The van der Waals surface area contributed by atoms with Gasteiger partial charge in [0.1, 0.15) is 10.6 Å². The number of carbonyl (C=O) groups is 2. The molecule has 3 heterocycles. The highest BCUT2D eigenvalue weighted by Gasteiger charge is 2.30. The number of amides is 2. The molecule has 0 atom stereocenters. The largest absolute Gasteiger partial charge is 0.456 e. The minimum atomic E-state index is -0.619. The number of carbonyl (C=O) groups excluding carboxylic acids is 2. The molecule has 0 saturated carbocycles. The number of nitrogens with zero attached hydrogens (tertiary/aromatic N) is 1. The molecule has 1 aromatic carbocycles. The van der Waals surface area contributed by atoms with Gasteiger partial charge in [-0.3, -0.25) is 5.32 Å². The maximum absolute atomic E-state index is 13.2. The van der Waals surface area contributed by atoms with E-state index < -0.39 is 5.60 Å². The van der Waals surface area contributed by atoms with Gasteiger partial charge >= 0.3 is 12.0 Å². The summed E-state index contributed by atoms with van der Waals surface area (Å²) in [6.07, 6.45) is 4.74. The number of thiophene rings is 2. The number of esters is 1. The average molecular weight is 549 g/mol. The Morgan fingerprint density at radius 1 is 1.11 bits per heavy atom. The van der Waals surface area contributed by atoms with Crippen LogP contribution in [0.4, 0.5) is 9.80 Å². The molecule has 0 saturated heterocycles. The fourth-order valence-corrected chi connectivity index (χ4v) is 7.67. The van der Waals surface area contributed by atoms with E-state index in [4.69, 9.17) is 4.74 Å². The number of ether oxygens (including phenoxy) is 1. The Balaban J connectivity index is 1.39. The Labute approximate surface area is 231 Å². The number of aryl methyl sites for hydroxylation is 1. The van der Waals surface area contributed by atoms with Crippen LogP contribution < -0.4 is 16.0 Å². The van der Waals surface area contributed by atoms with Gasteiger partial charge in [0, 0.05) is 27.7 Å². The number of urea groups is 1. The van der Waals surface area contributed by atoms with Crippen molar-refractivity contribution in [1.82, 2.24) is 10.6 Å². The van der Waals surface area contributed by atoms with Crippen LogP contribution in [0.3, 0.4) is 0 Å². The maximum Gasteiger partial charge on any atom is 0.341 e. The molecular formula is C29H32N4O3S2.